The Morgan fingerprint density at radius 3 is 1.36 bits per heavy atom. The lowest BCUT2D eigenvalue weighted by atomic mass is 9.95. The van der Waals surface area contributed by atoms with Gasteiger partial charge in [0.15, 0.2) is 0 Å². The van der Waals surface area contributed by atoms with Gasteiger partial charge in [-0.2, -0.15) is 0 Å². The highest BCUT2D eigenvalue weighted by atomic mass is 16.4. The second-order valence-electron chi connectivity index (χ2n) is 7.44. The van der Waals surface area contributed by atoms with E-state index >= 15 is 0 Å². The van der Waals surface area contributed by atoms with Crippen LogP contribution >= 0.6 is 0 Å². The third-order valence-corrected chi connectivity index (χ3v) is 4.62. The number of nitrogens with one attached hydrogen (secondary N) is 2. The molecule has 4 N–H and O–H groups in total. The summed E-state index contributed by atoms with van der Waals surface area (Å²) in [5.41, 5.74) is 0. The van der Waals surface area contributed by atoms with Gasteiger partial charge in [0, 0.05) is 0 Å². The molecule has 0 fully saturated rings. The van der Waals surface area contributed by atoms with Crippen LogP contribution in [0.25, 0.3) is 0 Å². The smallest absolute Gasteiger partial charge is 0.320 e. The monoisotopic (exact) mass is 392 g/mol. The fraction of sp³-hybridized carbons (Fsp3) is 0.500. The lowest BCUT2D eigenvalue weighted by molar-refractivity contribution is -0.142. The minimum Gasteiger partial charge on any atom is -0.480 e. The number of carboxylic acid groups (broad SMARTS) is 2. The van der Waals surface area contributed by atoms with Crippen LogP contribution in [0.3, 0.4) is 0 Å². The summed E-state index contributed by atoms with van der Waals surface area (Å²) in [5, 5.41) is 25.5. The average Bonchev–Trinajstić information content (AvgIpc) is 3.29. The van der Waals surface area contributed by atoms with Crippen LogP contribution in [-0.2, 0) is 9.59 Å². The molecule has 8 nitrogen and oxygen atoms in total. The van der Waals surface area contributed by atoms with Gasteiger partial charge in [-0.15, -0.1) is 0 Å². The van der Waals surface area contributed by atoms with Crippen LogP contribution in [0.2, 0.25) is 0 Å². The molecule has 2 rings (SSSR count). The van der Waals surface area contributed by atoms with Gasteiger partial charge >= 0.3 is 11.9 Å². The number of carboxylic acids is 2. The Morgan fingerprint density at radius 2 is 1.14 bits per heavy atom. The van der Waals surface area contributed by atoms with Gasteiger partial charge in [0.1, 0.15) is 23.6 Å². The lowest BCUT2D eigenvalue weighted by Gasteiger charge is -2.32. The molecule has 0 unspecified atom stereocenters. The SMILES string of the molecule is CC(C)[C@H](N[C@H](c1ccco1)[C@H](N[C@H](C(=O)O)C(C)C)c1ccco1)C(=O)O. The standard InChI is InChI=1S/C20H28N2O6/c1-11(2)15(19(23)24)21-17(13-7-5-9-27-13)18(14-8-6-10-28-14)22-16(12(3)4)20(25)26/h5-12,15-18,21-22H,1-4H3,(H,23,24)(H,25,26)/t15-,16-,17+,18+/m0/s1. The molecule has 0 saturated carbocycles. The van der Waals surface area contributed by atoms with E-state index in [1.807, 2.05) is 0 Å². The van der Waals surface area contributed by atoms with Gasteiger partial charge in [-0.1, -0.05) is 27.7 Å². The van der Waals surface area contributed by atoms with Gasteiger partial charge in [0.2, 0.25) is 0 Å². The molecule has 0 radical (unpaired) electrons. The van der Waals surface area contributed by atoms with Gasteiger partial charge < -0.3 is 19.0 Å². The Hall–Kier alpha value is -2.58. The van der Waals surface area contributed by atoms with E-state index in [2.05, 4.69) is 10.6 Å². The normalized spacial score (nSPS) is 16.1. The molecule has 2 aromatic rings. The quantitative estimate of drug-likeness (QED) is 0.460. The van der Waals surface area contributed by atoms with E-state index in [0.717, 1.165) is 0 Å². The number of aliphatic carboxylic acids is 2. The van der Waals surface area contributed by atoms with Crippen LogP contribution in [0.1, 0.15) is 51.3 Å². The molecule has 2 aromatic heterocycles. The van der Waals surface area contributed by atoms with Crippen LogP contribution in [0, 0.1) is 11.8 Å². The highest BCUT2D eigenvalue weighted by Gasteiger charge is 2.37. The molecule has 0 aromatic carbocycles. The van der Waals surface area contributed by atoms with Crippen molar-refractivity contribution in [3.8, 4) is 0 Å². The minimum atomic E-state index is -0.997. The fourth-order valence-electron chi connectivity index (χ4n) is 3.11. The molecule has 0 saturated heterocycles. The Morgan fingerprint density at radius 1 is 0.786 bits per heavy atom. The van der Waals surface area contributed by atoms with Crippen molar-refractivity contribution in [3.05, 3.63) is 48.3 Å². The predicted molar refractivity (Wildman–Crippen MR) is 102 cm³/mol. The predicted octanol–water partition coefficient (Wildman–Crippen LogP) is 3.05. The summed E-state index contributed by atoms with van der Waals surface area (Å²) in [6.45, 7) is 7.20. The largest absolute Gasteiger partial charge is 0.480 e. The highest BCUT2D eigenvalue weighted by Crippen LogP contribution is 2.32. The number of carbonyl (C=O) groups is 2. The van der Waals surface area contributed by atoms with Gasteiger partial charge in [-0.3, -0.25) is 20.2 Å². The number of hydrogen-bond donors (Lipinski definition) is 4. The molecule has 0 aliphatic heterocycles. The van der Waals surface area contributed by atoms with Gasteiger partial charge in [-0.05, 0) is 36.1 Å². The fourth-order valence-corrected chi connectivity index (χ4v) is 3.11. The second kappa shape index (κ2) is 9.57. The van der Waals surface area contributed by atoms with Crippen LogP contribution in [0.15, 0.2) is 45.6 Å². The topological polar surface area (TPSA) is 125 Å². The van der Waals surface area contributed by atoms with Crippen molar-refractivity contribution in [3.63, 3.8) is 0 Å². The summed E-state index contributed by atoms with van der Waals surface area (Å²) in [5.74, 6) is -1.44. The van der Waals surface area contributed by atoms with Crippen LogP contribution < -0.4 is 10.6 Å². The first-order chi connectivity index (χ1) is 13.2. The maximum Gasteiger partial charge on any atom is 0.320 e. The van der Waals surface area contributed by atoms with E-state index in [1.165, 1.54) is 12.5 Å². The first-order valence-electron chi connectivity index (χ1n) is 9.26. The van der Waals surface area contributed by atoms with Crippen molar-refractivity contribution >= 4 is 11.9 Å². The van der Waals surface area contributed by atoms with Crippen LogP contribution in [0.5, 0.6) is 0 Å². The average molecular weight is 392 g/mol. The number of rotatable bonds is 11. The summed E-state index contributed by atoms with van der Waals surface area (Å²) >= 11 is 0. The third kappa shape index (κ3) is 5.24. The zero-order valence-electron chi connectivity index (χ0n) is 16.5. The lowest BCUT2D eigenvalue weighted by Crippen LogP contribution is -2.50. The molecular formula is C20H28N2O6. The van der Waals surface area contributed by atoms with Crippen molar-refractivity contribution in [1.82, 2.24) is 10.6 Å². The van der Waals surface area contributed by atoms with Crippen molar-refractivity contribution < 1.29 is 28.6 Å². The molecule has 154 valence electrons. The minimum absolute atomic E-state index is 0.201. The van der Waals surface area contributed by atoms with Crippen molar-refractivity contribution in [2.24, 2.45) is 11.8 Å². The van der Waals surface area contributed by atoms with Crippen molar-refractivity contribution in [1.29, 1.82) is 0 Å². The van der Waals surface area contributed by atoms with E-state index in [-0.39, 0.29) is 11.8 Å². The molecular weight excluding hydrogens is 364 g/mol. The first-order valence-corrected chi connectivity index (χ1v) is 9.26. The molecule has 8 heteroatoms. The third-order valence-electron chi connectivity index (χ3n) is 4.62. The Balaban J connectivity index is 2.46. The molecule has 0 bridgehead atoms. The van der Waals surface area contributed by atoms with E-state index in [4.69, 9.17) is 8.83 Å². The number of hydrogen-bond acceptors (Lipinski definition) is 6. The van der Waals surface area contributed by atoms with Gasteiger partial charge in [0.25, 0.3) is 0 Å². The Kier molecular flexibility index (Phi) is 7.42. The van der Waals surface area contributed by atoms with E-state index in [1.54, 1.807) is 52.0 Å². The molecule has 0 aliphatic rings. The molecule has 4 atom stereocenters. The Labute approximate surface area is 163 Å². The molecule has 0 aliphatic carbocycles. The molecule has 2 heterocycles. The zero-order chi connectivity index (χ0) is 20.8. The maximum atomic E-state index is 11.8. The van der Waals surface area contributed by atoms with E-state index in [0.29, 0.717) is 11.5 Å². The summed E-state index contributed by atoms with van der Waals surface area (Å²) in [6, 6.07) is 3.79. The summed E-state index contributed by atoms with van der Waals surface area (Å²) in [4.78, 5) is 23.5. The van der Waals surface area contributed by atoms with Crippen molar-refractivity contribution in [2.45, 2.75) is 51.9 Å². The van der Waals surface area contributed by atoms with Gasteiger partial charge in [0.05, 0.1) is 24.6 Å². The molecule has 0 spiro atoms. The zero-order valence-corrected chi connectivity index (χ0v) is 16.5. The van der Waals surface area contributed by atoms with E-state index < -0.39 is 36.1 Å². The van der Waals surface area contributed by atoms with Crippen molar-refractivity contribution in [2.75, 3.05) is 0 Å². The summed E-state index contributed by atoms with van der Waals surface area (Å²) in [7, 11) is 0. The summed E-state index contributed by atoms with van der Waals surface area (Å²) < 4.78 is 11.1. The summed E-state index contributed by atoms with van der Waals surface area (Å²) in [6.07, 6.45) is 2.98. The van der Waals surface area contributed by atoms with Gasteiger partial charge in [-0.25, -0.2) is 0 Å². The Bertz CT molecular complexity index is 675. The molecule has 28 heavy (non-hydrogen) atoms. The first kappa shape index (κ1) is 21.7. The highest BCUT2D eigenvalue weighted by molar-refractivity contribution is 5.74. The van der Waals surface area contributed by atoms with Crippen LogP contribution in [0.4, 0.5) is 0 Å². The van der Waals surface area contributed by atoms with E-state index in [9.17, 15) is 19.8 Å². The molecule has 0 amide bonds. The maximum absolute atomic E-state index is 11.8. The number of furan rings is 2. The van der Waals surface area contributed by atoms with Crippen LogP contribution in [-0.4, -0.2) is 34.2 Å². The second-order valence-corrected chi connectivity index (χ2v) is 7.44.